The van der Waals surface area contributed by atoms with Crippen LogP contribution < -0.4 is 5.32 Å². The molecule has 1 saturated carbocycles. The van der Waals surface area contributed by atoms with E-state index in [2.05, 4.69) is 12.2 Å². The summed E-state index contributed by atoms with van der Waals surface area (Å²) in [7, 11) is 0. The van der Waals surface area contributed by atoms with Gasteiger partial charge in [0.15, 0.2) is 0 Å². The Labute approximate surface area is 206 Å². The summed E-state index contributed by atoms with van der Waals surface area (Å²) in [4.78, 5) is 42.6. The molecule has 0 bridgehead atoms. The van der Waals surface area contributed by atoms with Crippen molar-refractivity contribution in [1.29, 1.82) is 0 Å². The second kappa shape index (κ2) is 10.6. The molecule has 2 aromatic carbocycles. The number of aryl methyl sites for hydroxylation is 1. The Kier molecular flexibility index (Phi) is 7.53. The number of rotatable bonds is 8. The summed E-state index contributed by atoms with van der Waals surface area (Å²) in [6.45, 7) is 3.80. The average molecular weight is 480 g/mol. The highest BCUT2D eigenvalue weighted by molar-refractivity contribution is 6.09. The van der Waals surface area contributed by atoms with Crippen LogP contribution in [0.1, 0.15) is 69.1 Å². The van der Waals surface area contributed by atoms with Crippen LogP contribution in [0, 0.1) is 5.82 Å². The third-order valence-corrected chi connectivity index (χ3v) is 7.24. The lowest BCUT2D eigenvalue weighted by Gasteiger charge is -2.35. The van der Waals surface area contributed by atoms with E-state index in [0.717, 1.165) is 55.4 Å². The van der Waals surface area contributed by atoms with Gasteiger partial charge in [-0.25, -0.2) is 9.18 Å². The Hall–Kier alpha value is -3.22. The van der Waals surface area contributed by atoms with E-state index in [0.29, 0.717) is 12.1 Å². The van der Waals surface area contributed by atoms with E-state index >= 15 is 0 Å². The van der Waals surface area contributed by atoms with Crippen molar-refractivity contribution in [3.8, 4) is 0 Å². The van der Waals surface area contributed by atoms with Crippen molar-refractivity contribution in [3.05, 3.63) is 71.0 Å². The second-order valence-electron chi connectivity index (χ2n) is 9.83. The second-order valence-corrected chi connectivity index (χ2v) is 9.83. The molecule has 1 unspecified atom stereocenters. The van der Waals surface area contributed by atoms with Crippen molar-refractivity contribution in [2.45, 2.75) is 76.9 Å². The molecular formula is C28H34FN3O3. The van der Waals surface area contributed by atoms with Gasteiger partial charge in [-0.05, 0) is 55.0 Å². The minimum atomic E-state index is -1.21. The molecule has 35 heavy (non-hydrogen) atoms. The van der Waals surface area contributed by atoms with Gasteiger partial charge in [0.05, 0.1) is 0 Å². The SMILES string of the molecule is CCCc1ccc(C2(C)NC(=O)N(CC(=O)N(Cc3ccc(F)cc3)C3CCCCC3)C2=O)cc1. The summed E-state index contributed by atoms with van der Waals surface area (Å²) < 4.78 is 13.4. The maximum absolute atomic E-state index is 13.5. The van der Waals surface area contributed by atoms with Crippen molar-refractivity contribution < 1.29 is 18.8 Å². The van der Waals surface area contributed by atoms with E-state index < -0.39 is 17.5 Å². The number of carbonyl (C=O) groups excluding carboxylic acids is 3. The molecule has 1 aliphatic heterocycles. The number of hydrogen-bond acceptors (Lipinski definition) is 3. The fourth-order valence-electron chi connectivity index (χ4n) is 5.16. The van der Waals surface area contributed by atoms with Gasteiger partial charge in [0.25, 0.3) is 5.91 Å². The number of nitrogens with zero attached hydrogens (tertiary/aromatic N) is 2. The summed E-state index contributed by atoms with van der Waals surface area (Å²) in [6.07, 6.45) is 6.95. The van der Waals surface area contributed by atoms with Crippen LogP contribution in [-0.4, -0.2) is 40.2 Å². The maximum atomic E-state index is 13.5. The molecule has 2 fully saturated rings. The number of amides is 4. The highest BCUT2D eigenvalue weighted by atomic mass is 19.1. The van der Waals surface area contributed by atoms with Gasteiger partial charge in [0, 0.05) is 12.6 Å². The molecule has 7 heteroatoms. The molecule has 4 amide bonds. The Morgan fingerprint density at radius 1 is 1.03 bits per heavy atom. The molecule has 1 aliphatic carbocycles. The van der Waals surface area contributed by atoms with Crippen LogP contribution in [0.5, 0.6) is 0 Å². The first-order valence-electron chi connectivity index (χ1n) is 12.6. The van der Waals surface area contributed by atoms with Crippen molar-refractivity contribution in [2.24, 2.45) is 0 Å². The molecule has 2 aromatic rings. The predicted molar refractivity (Wildman–Crippen MR) is 132 cm³/mol. The molecule has 0 radical (unpaired) electrons. The molecule has 0 aromatic heterocycles. The molecule has 1 N–H and O–H groups in total. The average Bonchev–Trinajstić information content (AvgIpc) is 3.08. The quantitative estimate of drug-likeness (QED) is 0.547. The Morgan fingerprint density at radius 2 is 1.66 bits per heavy atom. The number of carbonyl (C=O) groups is 3. The first-order chi connectivity index (χ1) is 16.8. The number of halogens is 1. The van der Waals surface area contributed by atoms with Crippen LogP contribution in [0.3, 0.4) is 0 Å². The number of nitrogens with one attached hydrogen (secondary N) is 1. The van der Waals surface area contributed by atoms with Crippen molar-refractivity contribution in [1.82, 2.24) is 15.1 Å². The summed E-state index contributed by atoms with van der Waals surface area (Å²) >= 11 is 0. The summed E-state index contributed by atoms with van der Waals surface area (Å²) in [5.74, 6) is -1.03. The monoisotopic (exact) mass is 479 g/mol. The van der Waals surface area contributed by atoms with Crippen molar-refractivity contribution in [2.75, 3.05) is 6.54 Å². The highest BCUT2D eigenvalue weighted by Gasteiger charge is 2.50. The number of imide groups is 1. The molecular weight excluding hydrogens is 445 g/mol. The Bertz CT molecular complexity index is 1060. The number of urea groups is 1. The normalized spacial score (nSPS) is 20.7. The van der Waals surface area contributed by atoms with Crippen LogP contribution in [0.4, 0.5) is 9.18 Å². The number of hydrogen-bond donors (Lipinski definition) is 1. The molecule has 2 aliphatic rings. The van der Waals surface area contributed by atoms with Gasteiger partial charge in [-0.3, -0.25) is 14.5 Å². The predicted octanol–water partition coefficient (Wildman–Crippen LogP) is 4.91. The van der Waals surface area contributed by atoms with Crippen LogP contribution in [0.15, 0.2) is 48.5 Å². The standard InChI is InChI=1S/C28H34FN3O3/c1-3-7-20-10-14-22(15-11-20)28(2)26(34)32(27(35)30-28)19-25(33)31(24-8-5-4-6-9-24)18-21-12-16-23(29)17-13-21/h10-17,24H,3-9,18-19H2,1-2H3,(H,30,35). The zero-order chi connectivity index (χ0) is 25.0. The van der Waals surface area contributed by atoms with Crippen LogP contribution in [-0.2, 0) is 28.1 Å². The maximum Gasteiger partial charge on any atom is 0.325 e. The van der Waals surface area contributed by atoms with Crippen molar-refractivity contribution >= 4 is 17.8 Å². The molecule has 186 valence electrons. The Morgan fingerprint density at radius 3 is 2.29 bits per heavy atom. The van der Waals surface area contributed by atoms with Gasteiger partial charge in [-0.15, -0.1) is 0 Å². The molecule has 6 nitrogen and oxygen atoms in total. The number of benzene rings is 2. The fourth-order valence-corrected chi connectivity index (χ4v) is 5.16. The summed E-state index contributed by atoms with van der Waals surface area (Å²) in [6, 6.07) is 13.3. The van der Waals surface area contributed by atoms with E-state index in [1.54, 1.807) is 24.0 Å². The first kappa shape index (κ1) is 24.9. The third-order valence-electron chi connectivity index (χ3n) is 7.24. The Balaban J connectivity index is 1.52. The van der Waals surface area contributed by atoms with Crippen LogP contribution in [0.2, 0.25) is 0 Å². The van der Waals surface area contributed by atoms with E-state index in [1.807, 2.05) is 24.3 Å². The first-order valence-corrected chi connectivity index (χ1v) is 12.6. The van der Waals surface area contributed by atoms with E-state index in [-0.39, 0.29) is 24.3 Å². The zero-order valence-electron chi connectivity index (χ0n) is 20.6. The molecule has 0 spiro atoms. The summed E-state index contributed by atoms with van der Waals surface area (Å²) in [5.41, 5.74) is 1.47. The lowest BCUT2D eigenvalue weighted by molar-refractivity contribution is -0.141. The topological polar surface area (TPSA) is 69.7 Å². The summed E-state index contributed by atoms with van der Waals surface area (Å²) in [5, 5.41) is 2.80. The van der Waals surface area contributed by atoms with Gasteiger partial charge in [-0.1, -0.05) is 69.0 Å². The molecule has 1 heterocycles. The van der Waals surface area contributed by atoms with Gasteiger partial charge >= 0.3 is 6.03 Å². The smallest absolute Gasteiger partial charge is 0.325 e. The fraction of sp³-hybridized carbons (Fsp3) is 0.464. The van der Waals surface area contributed by atoms with E-state index in [9.17, 15) is 18.8 Å². The minimum Gasteiger partial charge on any atom is -0.334 e. The van der Waals surface area contributed by atoms with Gasteiger partial charge in [-0.2, -0.15) is 0 Å². The lowest BCUT2D eigenvalue weighted by Crippen LogP contribution is -2.48. The molecule has 1 saturated heterocycles. The minimum absolute atomic E-state index is 0.0413. The van der Waals surface area contributed by atoms with E-state index in [4.69, 9.17) is 0 Å². The van der Waals surface area contributed by atoms with Gasteiger partial charge in [0.2, 0.25) is 5.91 Å². The molecule has 1 atom stereocenters. The largest absolute Gasteiger partial charge is 0.334 e. The lowest BCUT2D eigenvalue weighted by atomic mass is 9.91. The van der Waals surface area contributed by atoms with Crippen molar-refractivity contribution in [3.63, 3.8) is 0 Å². The van der Waals surface area contributed by atoms with Crippen LogP contribution >= 0.6 is 0 Å². The molecule has 4 rings (SSSR count). The van der Waals surface area contributed by atoms with Gasteiger partial charge < -0.3 is 10.2 Å². The highest BCUT2D eigenvalue weighted by Crippen LogP contribution is 2.30. The zero-order valence-corrected chi connectivity index (χ0v) is 20.6. The van der Waals surface area contributed by atoms with Gasteiger partial charge in [0.1, 0.15) is 17.9 Å². The van der Waals surface area contributed by atoms with Crippen LogP contribution in [0.25, 0.3) is 0 Å². The van der Waals surface area contributed by atoms with E-state index in [1.165, 1.54) is 17.7 Å². The third kappa shape index (κ3) is 5.39.